The second-order valence-corrected chi connectivity index (χ2v) is 5.45. The average Bonchev–Trinajstić information content (AvgIpc) is 2.53. The van der Waals surface area contributed by atoms with Crippen molar-refractivity contribution in [3.63, 3.8) is 0 Å². The zero-order valence-corrected chi connectivity index (χ0v) is 17.1. The molecule has 2 N–H and O–H groups in total. The average molecular weight is 368 g/mol. The number of halogens is 1. The molecule has 0 saturated heterocycles. The van der Waals surface area contributed by atoms with Gasteiger partial charge in [-0.3, -0.25) is 9.59 Å². The first-order valence-corrected chi connectivity index (χ1v) is 7.25. The summed E-state index contributed by atoms with van der Waals surface area (Å²) in [6.07, 6.45) is 0. The summed E-state index contributed by atoms with van der Waals surface area (Å²) in [5.41, 5.74) is 0.0529. The Labute approximate surface area is 185 Å². The van der Waals surface area contributed by atoms with E-state index in [0.29, 0.717) is 11.2 Å². The molecule has 5 nitrogen and oxygen atoms in total. The summed E-state index contributed by atoms with van der Waals surface area (Å²) in [6, 6.07) is 13.6. The minimum absolute atomic E-state index is 0. The summed E-state index contributed by atoms with van der Waals surface area (Å²) < 4.78 is 1.29. The van der Waals surface area contributed by atoms with Crippen molar-refractivity contribution in [3.05, 3.63) is 69.5 Å². The van der Waals surface area contributed by atoms with E-state index in [4.69, 9.17) is 11.6 Å². The number of fused-ring (bicyclic) bond motifs is 1. The third kappa shape index (κ3) is 3.44. The van der Waals surface area contributed by atoms with Crippen molar-refractivity contribution in [3.8, 4) is 5.75 Å². The Bertz CT molecular complexity index is 971. The Morgan fingerprint density at radius 2 is 1.79 bits per heavy atom. The molecule has 2 aromatic carbocycles. The van der Waals surface area contributed by atoms with Crippen molar-refractivity contribution in [1.29, 1.82) is 0 Å². The van der Waals surface area contributed by atoms with Crippen molar-refractivity contribution >= 4 is 85.5 Å². The van der Waals surface area contributed by atoms with Crippen LogP contribution in [-0.2, 0) is 7.05 Å². The standard InChI is InChI=1S/C17H13ClN2O3.K/c1-20-12-9-5-8-11(18)13(12)15(21)14(17(20)23)16(22)19-10-6-3-2-4-7-10;/h2-9,21H,1H3,(H,19,22);. The third-order valence-electron chi connectivity index (χ3n) is 3.60. The van der Waals surface area contributed by atoms with Crippen molar-refractivity contribution in [2.75, 3.05) is 5.32 Å². The first-order chi connectivity index (χ1) is 11.0. The van der Waals surface area contributed by atoms with Crippen LogP contribution in [0.1, 0.15) is 10.4 Å². The van der Waals surface area contributed by atoms with Gasteiger partial charge in [0.05, 0.1) is 15.9 Å². The van der Waals surface area contributed by atoms with Crippen LogP contribution in [0.3, 0.4) is 0 Å². The fraction of sp³-hybridized carbons (Fsp3) is 0.0588. The Balaban J connectivity index is 0.00000208. The molecule has 1 heterocycles. The quantitative estimate of drug-likeness (QED) is 0.684. The summed E-state index contributed by atoms with van der Waals surface area (Å²) in [6.45, 7) is 0. The second kappa shape index (κ2) is 7.82. The molecule has 0 unspecified atom stereocenters. The Morgan fingerprint density at radius 3 is 2.46 bits per heavy atom. The van der Waals surface area contributed by atoms with Gasteiger partial charge in [-0.25, -0.2) is 0 Å². The summed E-state index contributed by atoms with van der Waals surface area (Å²) in [5.74, 6) is -1.10. The molecule has 0 aliphatic heterocycles. The molecule has 0 bridgehead atoms. The fourth-order valence-corrected chi connectivity index (χ4v) is 2.71. The van der Waals surface area contributed by atoms with E-state index in [1.54, 1.807) is 42.5 Å². The predicted molar refractivity (Wildman–Crippen MR) is 96.0 cm³/mol. The van der Waals surface area contributed by atoms with E-state index in [1.165, 1.54) is 11.6 Å². The number of pyridine rings is 1. The van der Waals surface area contributed by atoms with E-state index in [2.05, 4.69) is 5.32 Å². The van der Waals surface area contributed by atoms with Crippen LogP contribution in [0.4, 0.5) is 5.69 Å². The number of nitrogens with zero attached hydrogens (tertiary/aromatic N) is 1. The number of para-hydroxylation sites is 1. The van der Waals surface area contributed by atoms with E-state index in [0.717, 1.165) is 0 Å². The van der Waals surface area contributed by atoms with Gasteiger partial charge in [0, 0.05) is 64.1 Å². The first kappa shape index (κ1) is 19.2. The molecule has 117 valence electrons. The second-order valence-electron chi connectivity index (χ2n) is 5.04. The van der Waals surface area contributed by atoms with Crippen LogP contribution in [0.25, 0.3) is 10.9 Å². The van der Waals surface area contributed by atoms with Crippen LogP contribution >= 0.6 is 11.6 Å². The van der Waals surface area contributed by atoms with Gasteiger partial charge in [0.15, 0.2) is 0 Å². The molecule has 0 fully saturated rings. The summed E-state index contributed by atoms with van der Waals surface area (Å²) in [5, 5.41) is 13.6. The number of amides is 1. The number of carbonyl (C=O) groups is 1. The van der Waals surface area contributed by atoms with Crippen LogP contribution in [0, 0.1) is 0 Å². The SMILES string of the molecule is Cn1c(=O)c(C(=O)Nc2ccccc2)c(O)c2c(Cl)cccc21.[K]. The first-order valence-electron chi connectivity index (χ1n) is 6.87. The minimum atomic E-state index is -0.684. The summed E-state index contributed by atoms with van der Waals surface area (Å²) in [4.78, 5) is 24.9. The van der Waals surface area contributed by atoms with Crippen molar-refractivity contribution < 1.29 is 9.90 Å². The Morgan fingerprint density at radius 1 is 1.12 bits per heavy atom. The smallest absolute Gasteiger partial charge is 0.267 e. The number of benzene rings is 2. The topological polar surface area (TPSA) is 71.3 Å². The van der Waals surface area contributed by atoms with Gasteiger partial charge in [0.2, 0.25) is 0 Å². The Hall–Kier alpha value is -1.15. The summed E-state index contributed by atoms with van der Waals surface area (Å²) >= 11 is 6.12. The third-order valence-corrected chi connectivity index (χ3v) is 3.92. The van der Waals surface area contributed by atoms with E-state index < -0.39 is 17.2 Å². The zero-order valence-electron chi connectivity index (χ0n) is 13.2. The molecule has 1 aromatic heterocycles. The molecule has 0 atom stereocenters. The number of carbonyl (C=O) groups excluding carboxylic acids is 1. The molecule has 0 aliphatic rings. The largest absolute Gasteiger partial charge is 0.506 e. The maximum Gasteiger partial charge on any atom is 0.267 e. The maximum absolute atomic E-state index is 12.4. The molecule has 0 spiro atoms. The zero-order chi connectivity index (χ0) is 16.6. The van der Waals surface area contributed by atoms with Crippen LogP contribution in [-0.4, -0.2) is 67.0 Å². The van der Waals surface area contributed by atoms with Gasteiger partial charge < -0.3 is 15.0 Å². The van der Waals surface area contributed by atoms with Gasteiger partial charge in [-0.2, -0.15) is 0 Å². The molecule has 3 rings (SSSR count). The number of anilines is 1. The van der Waals surface area contributed by atoms with E-state index in [9.17, 15) is 14.7 Å². The van der Waals surface area contributed by atoms with Crippen LogP contribution in [0.5, 0.6) is 5.75 Å². The van der Waals surface area contributed by atoms with Gasteiger partial charge in [-0.05, 0) is 24.3 Å². The molecule has 24 heavy (non-hydrogen) atoms. The van der Waals surface area contributed by atoms with Crippen molar-refractivity contribution in [2.24, 2.45) is 7.05 Å². The fourth-order valence-electron chi connectivity index (χ4n) is 2.45. The van der Waals surface area contributed by atoms with Crippen molar-refractivity contribution in [1.82, 2.24) is 4.57 Å². The summed E-state index contributed by atoms with van der Waals surface area (Å²) in [7, 11) is 1.53. The molecule has 0 aliphatic carbocycles. The number of aryl methyl sites for hydroxylation is 1. The van der Waals surface area contributed by atoms with E-state index in [-0.39, 0.29) is 67.4 Å². The molecular weight excluding hydrogens is 355 g/mol. The van der Waals surface area contributed by atoms with E-state index in [1.807, 2.05) is 6.07 Å². The monoisotopic (exact) mass is 367 g/mol. The van der Waals surface area contributed by atoms with Crippen LogP contribution in [0.2, 0.25) is 5.02 Å². The van der Waals surface area contributed by atoms with Gasteiger partial charge in [-0.1, -0.05) is 35.9 Å². The number of aromatic hydroxyl groups is 1. The van der Waals surface area contributed by atoms with Crippen LogP contribution in [0.15, 0.2) is 53.3 Å². The Kier molecular flexibility index (Phi) is 6.25. The van der Waals surface area contributed by atoms with Crippen LogP contribution < -0.4 is 10.9 Å². The molecule has 7 heteroatoms. The molecule has 0 saturated carbocycles. The minimum Gasteiger partial charge on any atom is -0.506 e. The number of rotatable bonds is 2. The van der Waals surface area contributed by atoms with Gasteiger partial charge >= 0.3 is 0 Å². The number of aromatic nitrogens is 1. The van der Waals surface area contributed by atoms with Gasteiger partial charge in [-0.15, -0.1) is 0 Å². The van der Waals surface area contributed by atoms with Gasteiger partial charge in [0.1, 0.15) is 11.3 Å². The number of nitrogens with one attached hydrogen (secondary N) is 1. The molecule has 1 amide bonds. The maximum atomic E-state index is 12.4. The van der Waals surface area contributed by atoms with Crippen molar-refractivity contribution in [2.45, 2.75) is 0 Å². The van der Waals surface area contributed by atoms with Gasteiger partial charge in [0.25, 0.3) is 11.5 Å². The number of hydrogen-bond acceptors (Lipinski definition) is 3. The molecule has 1 radical (unpaired) electrons. The predicted octanol–water partition coefficient (Wildman–Crippen LogP) is 2.77. The molecular formula is C17H13ClKN2O3. The number of hydrogen-bond donors (Lipinski definition) is 2. The molecule has 3 aromatic rings. The van der Waals surface area contributed by atoms with E-state index >= 15 is 0 Å². The normalized spacial score (nSPS) is 10.2.